The third kappa shape index (κ3) is 5.44. The Balaban J connectivity index is 0.000000878. The van der Waals surface area contributed by atoms with E-state index in [-0.39, 0.29) is 12.0 Å². The lowest BCUT2D eigenvalue weighted by Crippen LogP contribution is -2.20. The molecule has 7 heteroatoms. The van der Waals surface area contributed by atoms with Gasteiger partial charge in [-0.1, -0.05) is 38.7 Å². The monoisotopic (exact) mass is 409 g/mol. The number of hydrogen-bond donors (Lipinski definition) is 1. The number of pyridine rings is 1. The zero-order valence-electron chi connectivity index (χ0n) is 15.9. The van der Waals surface area contributed by atoms with Crippen LogP contribution < -0.4 is 5.56 Å². The molecule has 0 saturated carbocycles. The highest BCUT2D eigenvalue weighted by atomic mass is 32.2. The van der Waals surface area contributed by atoms with Crippen molar-refractivity contribution < 1.29 is 18.7 Å². The molecule has 1 aromatic heterocycles. The number of rotatable bonds is 7. The number of halogens is 2. The summed E-state index contributed by atoms with van der Waals surface area (Å²) in [4.78, 5) is 20.7. The van der Waals surface area contributed by atoms with Crippen LogP contribution in [0.25, 0.3) is 11.1 Å². The molecule has 0 spiro atoms. The van der Waals surface area contributed by atoms with Crippen molar-refractivity contribution in [2.24, 2.45) is 0 Å². The smallest absolute Gasteiger partial charge is 0.290 e. The van der Waals surface area contributed by atoms with Gasteiger partial charge in [0.05, 0.1) is 5.03 Å². The summed E-state index contributed by atoms with van der Waals surface area (Å²) in [6, 6.07) is 5.71. The van der Waals surface area contributed by atoms with E-state index in [1.54, 1.807) is 28.5 Å². The highest BCUT2D eigenvalue weighted by molar-refractivity contribution is 7.99. The summed E-state index contributed by atoms with van der Waals surface area (Å²) in [5, 5.41) is 7.78. The van der Waals surface area contributed by atoms with Gasteiger partial charge in [-0.2, -0.15) is 0 Å². The molecule has 0 aliphatic carbocycles. The topological polar surface area (TPSA) is 59.3 Å². The summed E-state index contributed by atoms with van der Waals surface area (Å²) in [5.74, 6) is -0.854. The highest BCUT2D eigenvalue weighted by Crippen LogP contribution is 2.37. The number of carbonyl (C=O) groups is 1. The van der Waals surface area contributed by atoms with Gasteiger partial charge in [0.25, 0.3) is 12.0 Å². The fourth-order valence-corrected chi connectivity index (χ4v) is 4.54. The molecule has 152 valence electrons. The number of aromatic nitrogens is 1. The molecule has 0 unspecified atom stereocenters. The maximum atomic E-state index is 13.8. The largest absolute Gasteiger partial charge is 0.483 e. The maximum Gasteiger partial charge on any atom is 0.290 e. The second kappa shape index (κ2) is 11.0. The van der Waals surface area contributed by atoms with Crippen molar-refractivity contribution in [3.63, 3.8) is 0 Å². The van der Waals surface area contributed by atoms with E-state index in [0.29, 0.717) is 12.1 Å². The summed E-state index contributed by atoms with van der Waals surface area (Å²) in [6.07, 6.45) is 6.52. The van der Waals surface area contributed by atoms with Crippen LogP contribution in [0.3, 0.4) is 0 Å². The van der Waals surface area contributed by atoms with Gasteiger partial charge in [-0.15, -0.1) is 11.8 Å². The molecule has 28 heavy (non-hydrogen) atoms. The number of carboxylic acid groups (broad SMARTS) is 1. The van der Waals surface area contributed by atoms with Crippen molar-refractivity contribution in [2.75, 3.05) is 5.75 Å². The average molecular weight is 409 g/mol. The molecule has 0 atom stereocenters. The van der Waals surface area contributed by atoms with E-state index in [2.05, 4.69) is 6.92 Å². The minimum Gasteiger partial charge on any atom is -0.483 e. The molecule has 0 bridgehead atoms. The van der Waals surface area contributed by atoms with Crippen LogP contribution in [0.2, 0.25) is 0 Å². The number of thioether (sulfide) groups is 1. The molecule has 1 N–H and O–H groups in total. The van der Waals surface area contributed by atoms with Crippen molar-refractivity contribution in [3.8, 4) is 11.1 Å². The van der Waals surface area contributed by atoms with Crippen molar-refractivity contribution in [2.45, 2.75) is 57.0 Å². The number of hydrogen-bond acceptors (Lipinski definition) is 3. The van der Waals surface area contributed by atoms with Crippen molar-refractivity contribution in [3.05, 3.63) is 51.8 Å². The van der Waals surface area contributed by atoms with Crippen LogP contribution in [0, 0.1) is 11.6 Å². The van der Waals surface area contributed by atoms with E-state index in [0.717, 1.165) is 47.2 Å². The predicted octanol–water partition coefficient (Wildman–Crippen LogP) is 5.11. The molecular weight excluding hydrogens is 384 g/mol. The van der Waals surface area contributed by atoms with Crippen LogP contribution in [0.4, 0.5) is 8.78 Å². The third-order valence-corrected chi connectivity index (χ3v) is 5.74. The second-order valence-corrected chi connectivity index (χ2v) is 7.67. The molecule has 0 fully saturated rings. The van der Waals surface area contributed by atoms with Gasteiger partial charge < -0.3 is 9.67 Å². The first kappa shape index (κ1) is 22.1. The fraction of sp³-hybridized carbons (Fsp3) is 0.429. The zero-order chi connectivity index (χ0) is 20.5. The van der Waals surface area contributed by atoms with Gasteiger partial charge in [0.15, 0.2) is 11.6 Å². The Morgan fingerprint density at radius 2 is 1.86 bits per heavy atom. The SMILES string of the molecule is CCCCCCCc1cc(=O)n2c(c1-c1ccc(F)c(F)c1)SCC2.O=CO. The average Bonchev–Trinajstić information content (AvgIpc) is 3.15. The van der Waals surface area contributed by atoms with Crippen molar-refractivity contribution >= 4 is 18.2 Å². The van der Waals surface area contributed by atoms with E-state index in [9.17, 15) is 13.6 Å². The van der Waals surface area contributed by atoms with Crippen molar-refractivity contribution in [1.29, 1.82) is 0 Å². The van der Waals surface area contributed by atoms with Gasteiger partial charge in [0.2, 0.25) is 0 Å². The van der Waals surface area contributed by atoms with Crippen molar-refractivity contribution in [1.82, 2.24) is 4.57 Å². The van der Waals surface area contributed by atoms with E-state index < -0.39 is 11.6 Å². The second-order valence-electron chi connectivity index (χ2n) is 6.59. The Morgan fingerprint density at radius 1 is 1.14 bits per heavy atom. The first-order valence-corrected chi connectivity index (χ1v) is 10.4. The highest BCUT2D eigenvalue weighted by Gasteiger charge is 2.22. The molecule has 2 aromatic rings. The quantitative estimate of drug-likeness (QED) is 0.510. The van der Waals surface area contributed by atoms with Crippen LogP contribution in [-0.4, -0.2) is 21.9 Å². The molecule has 0 radical (unpaired) electrons. The summed E-state index contributed by atoms with van der Waals surface area (Å²) in [6.45, 7) is 2.60. The van der Waals surface area contributed by atoms with Gasteiger partial charge in [-0.05, 0) is 36.1 Å². The van der Waals surface area contributed by atoms with Crippen LogP contribution >= 0.6 is 11.8 Å². The van der Waals surface area contributed by atoms with Crippen LogP contribution in [-0.2, 0) is 17.8 Å². The van der Waals surface area contributed by atoms with Gasteiger partial charge in [-0.3, -0.25) is 9.59 Å². The summed E-state index contributed by atoms with van der Waals surface area (Å²) >= 11 is 1.62. The van der Waals surface area contributed by atoms with Gasteiger partial charge >= 0.3 is 0 Å². The Hall–Kier alpha value is -2.15. The Bertz CT molecular complexity index is 867. The number of unbranched alkanes of at least 4 members (excludes halogenated alkanes) is 4. The van der Waals surface area contributed by atoms with E-state index in [1.165, 1.54) is 25.3 Å². The molecule has 0 saturated heterocycles. The number of fused-ring (bicyclic) bond motifs is 1. The summed E-state index contributed by atoms with van der Waals surface area (Å²) in [7, 11) is 0. The van der Waals surface area contributed by atoms with E-state index in [4.69, 9.17) is 9.90 Å². The van der Waals surface area contributed by atoms with E-state index >= 15 is 0 Å². The Labute approximate surface area is 167 Å². The molecule has 3 rings (SSSR count). The number of aryl methyl sites for hydroxylation is 1. The van der Waals surface area contributed by atoms with Crippen LogP contribution in [0.5, 0.6) is 0 Å². The van der Waals surface area contributed by atoms with Crippen LogP contribution in [0.1, 0.15) is 44.6 Å². The molecule has 2 heterocycles. The molecule has 1 aliphatic rings. The van der Waals surface area contributed by atoms with Gasteiger partial charge in [0, 0.05) is 23.9 Å². The third-order valence-electron chi connectivity index (χ3n) is 4.66. The molecule has 4 nitrogen and oxygen atoms in total. The molecule has 1 aliphatic heterocycles. The summed E-state index contributed by atoms with van der Waals surface area (Å²) < 4.78 is 28.9. The fourth-order valence-electron chi connectivity index (χ4n) is 3.34. The lowest BCUT2D eigenvalue weighted by Gasteiger charge is -2.15. The maximum absolute atomic E-state index is 13.8. The first-order valence-electron chi connectivity index (χ1n) is 9.46. The molecule has 1 aromatic carbocycles. The lowest BCUT2D eigenvalue weighted by atomic mass is 9.97. The molecular formula is C21H25F2NO3S. The van der Waals surface area contributed by atoms with Gasteiger partial charge in [-0.25, -0.2) is 8.78 Å². The first-order chi connectivity index (χ1) is 13.5. The molecule has 0 amide bonds. The normalized spacial score (nSPS) is 12.2. The lowest BCUT2D eigenvalue weighted by molar-refractivity contribution is -0.122. The van der Waals surface area contributed by atoms with Gasteiger partial charge in [0.1, 0.15) is 0 Å². The summed E-state index contributed by atoms with van der Waals surface area (Å²) in [5.41, 5.74) is 2.51. The standard InChI is InChI=1S/C20H23F2NOS.CH2O2/c1-2-3-4-5-6-7-14-13-18(24)23-10-11-25-20(23)19(14)15-8-9-16(21)17(22)12-15;2-1-3/h8-9,12-13H,2-7,10-11H2,1H3;1H,(H,2,3). The number of nitrogens with zero attached hydrogens (tertiary/aromatic N) is 1. The minimum atomic E-state index is -0.848. The Kier molecular flexibility index (Phi) is 8.70. The zero-order valence-corrected chi connectivity index (χ0v) is 16.7. The number of benzene rings is 1. The van der Waals surface area contributed by atoms with E-state index in [1.807, 2.05) is 0 Å². The Morgan fingerprint density at radius 3 is 2.54 bits per heavy atom. The minimum absolute atomic E-state index is 0.00916. The van der Waals surface area contributed by atoms with Crippen LogP contribution in [0.15, 0.2) is 34.1 Å². The predicted molar refractivity (Wildman–Crippen MR) is 108 cm³/mol.